The van der Waals surface area contributed by atoms with E-state index >= 15 is 0 Å². The Labute approximate surface area is 203 Å². The summed E-state index contributed by atoms with van der Waals surface area (Å²) in [7, 11) is 0. The summed E-state index contributed by atoms with van der Waals surface area (Å²) < 4.78 is 1.78. The van der Waals surface area contributed by atoms with Crippen LogP contribution in [0, 0.1) is 17.8 Å². The third-order valence-corrected chi connectivity index (χ3v) is 9.42. The van der Waals surface area contributed by atoms with Gasteiger partial charge >= 0.3 is 6.03 Å². The summed E-state index contributed by atoms with van der Waals surface area (Å²) >= 11 is 1.24. The predicted molar refractivity (Wildman–Crippen MR) is 132 cm³/mol. The van der Waals surface area contributed by atoms with E-state index < -0.39 is 0 Å². The van der Waals surface area contributed by atoms with Gasteiger partial charge in [0.25, 0.3) is 5.56 Å². The monoisotopic (exact) mass is 480 g/mol. The van der Waals surface area contributed by atoms with E-state index in [9.17, 15) is 14.4 Å². The van der Waals surface area contributed by atoms with Gasteiger partial charge < -0.3 is 5.32 Å². The van der Waals surface area contributed by atoms with Crippen LogP contribution < -0.4 is 16.2 Å². The van der Waals surface area contributed by atoms with E-state index in [2.05, 4.69) is 10.6 Å². The number of hydrogen-bond acceptors (Lipinski definition) is 5. The molecule has 0 atom stereocenters. The van der Waals surface area contributed by atoms with Crippen molar-refractivity contribution in [3.63, 3.8) is 0 Å². The summed E-state index contributed by atoms with van der Waals surface area (Å²) in [6, 6.07) is 7.10. The maximum absolute atomic E-state index is 13.3. The molecule has 5 aliphatic carbocycles. The van der Waals surface area contributed by atoms with Crippen molar-refractivity contribution in [2.45, 2.75) is 80.9 Å². The Kier molecular flexibility index (Phi) is 5.66. The zero-order valence-corrected chi connectivity index (χ0v) is 20.2. The average molecular weight is 481 g/mol. The Balaban J connectivity index is 1.13. The van der Waals surface area contributed by atoms with E-state index in [0.29, 0.717) is 16.1 Å². The highest BCUT2D eigenvalue weighted by molar-refractivity contribution is 7.99. The van der Waals surface area contributed by atoms with Crippen LogP contribution in [0.25, 0.3) is 10.9 Å². The zero-order valence-electron chi connectivity index (χ0n) is 19.4. The Morgan fingerprint density at radius 3 is 2.35 bits per heavy atom. The number of para-hydroxylation sites is 1. The van der Waals surface area contributed by atoms with Crippen LogP contribution in [0.3, 0.4) is 0 Å². The number of urea groups is 1. The number of carbonyl (C=O) groups excluding carboxylic acids is 2. The lowest BCUT2D eigenvalue weighted by Crippen LogP contribution is -2.61. The van der Waals surface area contributed by atoms with Gasteiger partial charge in [-0.05, 0) is 81.3 Å². The third-order valence-electron chi connectivity index (χ3n) is 8.47. The van der Waals surface area contributed by atoms with E-state index in [-0.39, 0.29) is 34.8 Å². The average Bonchev–Trinajstić information content (AvgIpc) is 3.30. The maximum atomic E-state index is 13.3. The van der Waals surface area contributed by atoms with Crippen molar-refractivity contribution in [2.75, 3.05) is 5.75 Å². The molecule has 0 aliphatic heterocycles. The highest BCUT2D eigenvalue weighted by Crippen LogP contribution is 2.55. The normalized spacial score (nSPS) is 30.1. The van der Waals surface area contributed by atoms with Gasteiger partial charge in [0, 0.05) is 11.6 Å². The summed E-state index contributed by atoms with van der Waals surface area (Å²) in [5.74, 6) is 1.87. The lowest BCUT2D eigenvalue weighted by Gasteiger charge is -2.56. The van der Waals surface area contributed by atoms with E-state index in [4.69, 9.17) is 4.98 Å². The summed E-state index contributed by atoms with van der Waals surface area (Å²) in [5, 5.41) is 6.90. The number of nitrogens with one attached hydrogen (secondary N) is 2. The van der Waals surface area contributed by atoms with E-state index in [1.165, 1.54) is 31.0 Å². The molecule has 4 bridgehead atoms. The molecule has 8 heteroatoms. The lowest BCUT2D eigenvalue weighted by molar-refractivity contribution is -0.117. The van der Waals surface area contributed by atoms with E-state index in [1.54, 1.807) is 4.57 Å². The molecule has 1 aromatic heterocycles. The highest BCUT2D eigenvalue weighted by Gasteiger charge is 2.51. The van der Waals surface area contributed by atoms with Gasteiger partial charge in [-0.1, -0.05) is 36.7 Å². The molecule has 1 heterocycles. The smallest absolute Gasteiger partial charge is 0.321 e. The summed E-state index contributed by atoms with van der Waals surface area (Å²) in [6.07, 6.45) is 11.1. The Morgan fingerprint density at radius 1 is 1.03 bits per heavy atom. The quantitative estimate of drug-likeness (QED) is 0.489. The predicted octanol–water partition coefficient (Wildman–Crippen LogP) is 4.40. The van der Waals surface area contributed by atoms with Gasteiger partial charge in [0.15, 0.2) is 5.16 Å². The van der Waals surface area contributed by atoms with Crippen LogP contribution >= 0.6 is 11.8 Å². The number of thioether (sulfide) groups is 1. The second-order valence-corrected chi connectivity index (χ2v) is 12.0. The second kappa shape index (κ2) is 8.70. The van der Waals surface area contributed by atoms with Gasteiger partial charge in [0.05, 0.1) is 16.7 Å². The summed E-state index contributed by atoms with van der Waals surface area (Å²) in [4.78, 5) is 43.4. The number of aromatic nitrogens is 2. The number of amides is 3. The van der Waals surface area contributed by atoms with Crippen LogP contribution in [0.15, 0.2) is 34.2 Å². The number of benzene rings is 1. The third kappa shape index (κ3) is 4.14. The zero-order chi connectivity index (χ0) is 23.3. The molecule has 2 aromatic rings. The molecule has 2 N–H and O–H groups in total. The molecule has 0 radical (unpaired) electrons. The largest absolute Gasteiger partial charge is 0.332 e. The van der Waals surface area contributed by atoms with Crippen LogP contribution in [-0.2, 0) is 4.79 Å². The number of rotatable bonds is 5. The van der Waals surface area contributed by atoms with Crippen molar-refractivity contribution in [3.05, 3.63) is 34.6 Å². The van der Waals surface area contributed by atoms with Gasteiger partial charge in [-0.25, -0.2) is 9.78 Å². The van der Waals surface area contributed by atoms with E-state index in [0.717, 1.165) is 62.7 Å². The van der Waals surface area contributed by atoms with Crippen molar-refractivity contribution in [1.82, 2.24) is 20.2 Å². The number of imide groups is 1. The van der Waals surface area contributed by atoms with Crippen LogP contribution in [-0.4, -0.2) is 32.8 Å². The molecule has 5 aliphatic rings. The fourth-order valence-electron chi connectivity index (χ4n) is 7.54. The number of nitrogens with zero attached hydrogens (tertiary/aromatic N) is 2. The molecule has 7 nitrogen and oxygen atoms in total. The van der Waals surface area contributed by atoms with Crippen molar-refractivity contribution < 1.29 is 9.59 Å². The molecule has 34 heavy (non-hydrogen) atoms. The van der Waals surface area contributed by atoms with E-state index in [1.807, 2.05) is 24.3 Å². The first-order valence-corrected chi connectivity index (χ1v) is 13.7. The minimum absolute atomic E-state index is 0.0417. The Morgan fingerprint density at radius 2 is 1.68 bits per heavy atom. The van der Waals surface area contributed by atoms with Gasteiger partial charge in [0.1, 0.15) is 0 Å². The fourth-order valence-corrected chi connectivity index (χ4v) is 8.41. The molecule has 180 valence electrons. The van der Waals surface area contributed by atoms with Crippen molar-refractivity contribution in [1.29, 1.82) is 0 Å². The van der Waals surface area contributed by atoms with Gasteiger partial charge in [-0.15, -0.1) is 0 Å². The topological polar surface area (TPSA) is 93.1 Å². The molecule has 0 saturated heterocycles. The fraction of sp³-hybridized carbons (Fsp3) is 0.615. The number of carbonyl (C=O) groups is 2. The maximum Gasteiger partial charge on any atom is 0.321 e. The highest BCUT2D eigenvalue weighted by atomic mass is 32.2. The lowest BCUT2D eigenvalue weighted by atomic mass is 9.53. The van der Waals surface area contributed by atoms with Crippen LogP contribution in [0.1, 0.15) is 70.3 Å². The minimum Gasteiger partial charge on any atom is -0.332 e. The van der Waals surface area contributed by atoms with Crippen LogP contribution in [0.5, 0.6) is 0 Å². The Bertz CT molecular complexity index is 1150. The van der Waals surface area contributed by atoms with Crippen molar-refractivity contribution >= 4 is 34.6 Å². The molecule has 1 aromatic carbocycles. The minimum atomic E-state index is -0.382. The molecule has 3 amide bonds. The standard InChI is InChI=1S/C26H32N4O3S/c31-22(28-24(33)29-26-12-16-9-17(13-26)11-18(10-16)14-26)15-34-25-27-21-8-4-3-7-20(21)23(32)30(25)19-5-1-2-6-19/h3-4,7-8,16-19H,1-2,5-6,9-15H2,(H2,28,29,31,33). The van der Waals surface area contributed by atoms with Crippen molar-refractivity contribution in [3.8, 4) is 0 Å². The first-order chi connectivity index (χ1) is 16.5. The number of fused-ring (bicyclic) bond motifs is 1. The molecule has 5 saturated carbocycles. The first-order valence-electron chi connectivity index (χ1n) is 12.7. The molecule has 5 fully saturated rings. The first kappa shape index (κ1) is 22.1. The SMILES string of the molecule is O=C(CSc1nc2ccccc2c(=O)n1C1CCCC1)NC(=O)NC12CC3CC(CC(C3)C1)C2. The summed E-state index contributed by atoms with van der Waals surface area (Å²) in [5.41, 5.74) is 0.471. The van der Waals surface area contributed by atoms with Crippen LogP contribution in [0.2, 0.25) is 0 Å². The summed E-state index contributed by atoms with van der Waals surface area (Å²) in [6.45, 7) is 0. The number of hydrogen-bond donors (Lipinski definition) is 2. The Hall–Kier alpha value is -2.35. The molecular weight excluding hydrogens is 448 g/mol. The molecule has 0 spiro atoms. The molecular formula is C26H32N4O3S. The second-order valence-electron chi connectivity index (χ2n) is 11.0. The van der Waals surface area contributed by atoms with Gasteiger partial charge in [-0.3, -0.25) is 19.5 Å². The molecule has 7 rings (SSSR count). The van der Waals surface area contributed by atoms with Gasteiger partial charge in [0.2, 0.25) is 5.91 Å². The van der Waals surface area contributed by atoms with Crippen molar-refractivity contribution in [2.24, 2.45) is 17.8 Å². The van der Waals surface area contributed by atoms with Gasteiger partial charge in [-0.2, -0.15) is 0 Å². The molecule has 0 unspecified atom stereocenters. The van der Waals surface area contributed by atoms with Crippen LogP contribution in [0.4, 0.5) is 4.79 Å².